The van der Waals surface area contributed by atoms with Crippen molar-refractivity contribution in [3.63, 3.8) is 0 Å². The van der Waals surface area contributed by atoms with Gasteiger partial charge in [-0.2, -0.15) is 0 Å². The van der Waals surface area contributed by atoms with Gasteiger partial charge in [-0.15, -0.1) is 12.4 Å². The highest BCUT2D eigenvalue weighted by Gasteiger charge is 2.23. The van der Waals surface area contributed by atoms with Gasteiger partial charge in [-0.1, -0.05) is 6.92 Å². The number of hydrogen-bond acceptors (Lipinski definition) is 4. The maximum absolute atomic E-state index is 12.5. The maximum atomic E-state index is 12.5. The van der Waals surface area contributed by atoms with Crippen molar-refractivity contribution < 1.29 is 13.2 Å². The first kappa shape index (κ1) is 19.7. The van der Waals surface area contributed by atoms with Gasteiger partial charge in [0.1, 0.15) is 0 Å². The molecule has 8 heteroatoms. The minimum atomic E-state index is -3.30. The van der Waals surface area contributed by atoms with Crippen LogP contribution in [0.1, 0.15) is 30.6 Å². The van der Waals surface area contributed by atoms with Crippen LogP contribution in [-0.4, -0.2) is 50.7 Å². The number of carbonyl (C=O) groups is 1. The Morgan fingerprint density at radius 2 is 2.00 bits per heavy atom. The average Bonchev–Trinajstić information content (AvgIpc) is 2.47. The Kier molecular flexibility index (Phi) is 7.31. The molecule has 1 saturated heterocycles. The Morgan fingerprint density at radius 3 is 2.57 bits per heavy atom. The number of halogens is 1. The molecule has 1 aliphatic heterocycles. The normalized spacial score (nSPS) is 18.2. The largest absolute Gasteiger partial charge is 0.333 e. The molecule has 1 atom stereocenters. The monoisotopic (exact) mass is 361 g/mol. The quantitative estimate of drug-likeness (QED) is 0.836. The number of anilines is 1. The number of sulfonamides is 1. The molecular weight excluding hydrogens is 338 g/mol. The van der Waals surface area contributed by atoms with Crippen molar-refractivity contribution in [3.8, 4) is 0 Å². The Balaban J connectivity index is 0.00000264. The number of carbonyl (C=O) groups excluding carboxylic acids is 1. The lowest BCUT2D eigenvalue weighted by Crippen LogP contribution is -2.52. The van der Waals surface area contributed by atoms with E-state index in [1.165, 1.54) is 0 Å². The van der Waals surface area contributed by atoms with Crippen LogP contribution in [0.3, 0.4) is 0 Å². The lowest BCUT2D eigenvalue weighted by atomic mass is 10.1. The summed E-state index contributed by atoms with van der Waals surface area (Å²) in [6, 6.07) is 6.76. The Labute approximate surface area is 144 Å². The minimum Gasteiger partial charge on any atom is -0.333 e. The first-order valence-corrected chi connectivity index (χ1v) is 9.20. The molecule has 1 aromatic rings. The van der Waals surface area contributed by atoms with Crippen molar-refractivity contribution in [2.75, 3.05) is 30.1 Å². The van der Waals surface area contributed by atoms with Crippen LogP contribution in [0.25, 0.3) is 0 Å². The maximum Gasteiger partial charge on any atom is 0.254 e. The summed E-state index contributed by atoms with van der Waals surface area (Å²) in [4.78, 5) is 14.3. The van der Waals surface area contributed by atoms with Crippen LogP contribution in [0.4, 0.5) is 5.69 Å². The lowest BCUT2D eigenvalue weighted by molar-refractivity contribution is 0.0656. The summed E-state index contributed by atoms with van der Waals surface area (Å²) >= 11 is 0. The van der Waals surface area contributed by atoms with Gasteiger partial charge >= 0.3 is 0 Å². The van der Waals surface area contributed by atoms with Crippen molar-refractivity contribution in [1.29, 1.82) is 0 Å². The van der Waals surface area contributed by atoms with Gasteiger partial charge in [-0.25, -0.2) is 8.42 Å². The molecule has 6 nitrogen and oxygen atoms in total. The second-order valence-electron chi connectivity index (χ2n) is 5.55. The van der Waals surface area contributed by atoms with E-state index >= 15 is 0 Å². The fraction of sp³-hybridized carbons (Fsp3) is 0.533. The number of nitrogens with one attached hydrogen (secondary N) is 2. The van der Waals surface area contributed by atoms with Crippen LogP contribution in [-0.2, 0) is 10.0 Å². The van der Waals surface area contributed by atoms with Gasteiger partial charge in [0.2, 0.25) is 10.0 Å². The van der Waals surface area contributed by atoms with Gasteiger partial charge in [-0.3, -0.25) is 9.52 Å². The zero-order chi connectivity index (χ0) is 16.2. The van der Waals surface area contributed by atoms with Gasteiger partial charge in [0, 0.05) is 36.9 Å². The number of hydrogen-bond donors (Lipinski definition) is 2. The summed E-state index contributed by atoms with van der Waals surface area (Å²) in [5, 5.41) is 3.25. The number of amides is 1. The van der Waals surface area contributed by atoms with E-state index in [0.29, 0.717) is 24.2 Å². The van der Waals surface area contributed by atoms with Crippen molar-refractivity contribution in [3.05, 3.63) is 29.8 Å². The zero-order valence-corrected chi connectivity index (χ0v) is 15.0. The third-order valence-electron chi connectivity index (χ3n) is 3.64. The molecule has 1 unspecified atom stereocenters. The van der Waals surface area contributed by atoms with E-state index in [4.69, 9.17) is 0 Å². The molecule has 0 bridgehead atoms. The number of rotatable bonds is 5. The molecule has 1 heterocycles. The smallest absolute Gasteiger partial charge is 0.254 e. The standard InChI is InChI=1S/C15H23N3O3S.ClH/c1-3-10-22(20,21)17-14-6-4-13(5-7-14)15(19)18-9-8-16-11-12(18)2;/h4-7,12,16-17H,3,8-11H2,1-2H3;1H. The molecule has 0 aromatic heterocycles. The highest BCUT2D eigenvalue weighted by molar-refractivity contribution is 7.92. The van der Waals surface area contributed by atoms with E-state index in [0.717, 1.165) is 13.1 Å². The van der Waals surface area contributed by atoms with Crippen LogP contribution < -0.4 is 10.0 Å². The molecule has 1 amide bonds. The van der Waals surface area contributed by atoms with Crippen LogP contribution in [0.15, 0.2) is 24.3 Å². The molecule has 23 heavy (non-hydrogen) atoms. The fourth-order valence-corrected chi connectivity index (χ4v) is 3.62. The summed E-state index contributed by atoms with van der Waals surface area (Å²) < 4.78 is 25.9. The van der Waals surface area contributed by atoms with Crippen molar-refractivity contribution >= 4 is 34.0 Å². The van der Waals surface area contributed by atoms with Gasteiger partial charge in [0.15, 0.2) is 0 Å². The zero-order valence-electron chi connectivity index (χ0n) is 13.4. The summed E-state index contributed by atoms with van der Waals surface area (Å²) in [5.74, 6) is 0.0726. The van der Waals surface area contributed by atoms with Crippen LogP contribution in [0, 0.1) is 0 Å². The van der Waals surface area contributed by atoms with E-state index in [-0.39, 0.29) is 30.1 Å². The number of nitrogens with zero attached hydrogens (tertiary/aromatic N) is 1. The molecule has 0 saturated carbocycles. The third kappa shape index (κ3) is 5.37. The minimum absolute atomic E-state index is 0. The van der Waals surface area contributed by atoms with Crippen molar-refractivity contribution in [2.45, 2.75) is 26.3 Å². The van der Waals surface area contributed by atoms with Crippen LogP contribution in [0.5, 0.6) is 0 Å². The second-order valence-corrected chi connectivity index (χ2v) is 7.39. The summed E-state index contributed by atoms with van der Waals surface area (Å²) in [5.41, 5.74) is 1.06. The predicted octanol–water partition coefficient (Wildman–Crippen LogP) is 1.69. The highest BCUT2D eigenvalue weighted by atomic mass is 35.5. The Morgan fingerprint density at radius 1 is 1.35 bits per heavy atom. The molecule has 1 fully saturated rings. The molecule has 1 aliphatic rings. The third-order valence-corrected chi connectivity index (χ3v) is 5.13. The van der Waals surface area contributed by atoms with Crippen LogP contribution in [0.2, 0.25) is 0 Å². The molecule has 2 N–H and O–H groups in total. The SMILES string of the molecule is CCCS(=O)(=O)Nc1ccc(C(=O)N2CCNCC2C)cc1.Cl. The van der Waals surface area contributed by atoms with E-state index < -0.39 is 10.0 Å². The predicted molar refractivity (Wildman–Crippen MR) is 94.8 cm³/mol. The van der Waals surface area contributed by atoms with E-state index in [1.807, 2.05) is 18.7 Å². The van der Waals surface area contributed by atoms with Crippen molar-refractivity contribution in [1.82, 2.24) is 10.2 Å². The first-order valence-electron chi connectivity index (χ1n) is 7.55. The molecule has 2 rings (SSSR count). The molecule has 0 radical (unpaired) electrons. The van der Waals surface area contributed by atoms with E-state index in [9.17, 15) is 13.2 Å². The Hall–Kier alpha value is -1.31. The molecule has 1 aromatic carbocycles. The molecule has 0 spiro atoms. The van der Waals surface area contributed by atoms with Gasteiger partial charge in [-0.05, 0) is 37.6 Å². The first-order chi connectivity index (χ1) is 10.4. The topological polar surface area (TPSA) is 78.5 Å². The summed E-state index contributed by atoms with van der Waals surface area (Å²) in [6.45, 7) is 6.10. The molecule has 130 valence electrons. The van der Waals surface area contributed by atoms with Gasteiger partial charge in [0.25, 0.3) is 5.91 Å². The van der Waals surface area contributed by atoms with Gasteiger partial charge in [0.05, 0.1) is 5.75 Å². The average molecular weight is 362 g/mol. The lowest BCUT2D eigenvalue weighted by Gasteiger charge is -2.34. The van der Waals surface area contributed by atoms with Gasteiger partial charge < -0.3 is 10.2 Å². The van der Waals surface area contributed by atoms with Crippen molar-refractivity contribution in [2.24, 2.45) is 0 Å². The van der Waals surface area contributed by atoms with E-state index in [2.05, 4.69) is 10.0 Å². The van der Waals surface area contributed by atoms with Crippen LogP contribution >= 0.6 is 12.4 Å². The highest BCUT2D eigenvalue weighted by Crippen LogP contribution is 2.15. The Bertz CT molecular complexity index is 619. The second kappa shape index (κ2) is 8.52. The summed E-state index contributed by atoms with van der Waals surface area (Å²) in [6.07, 6.45) is 0.562. The van der Waals surface area contributed by atoms with E-state index in [1.54, 1.807) is 24.3 Å². The molecular formula is C15H24ClN3O3S. The molecule has 0 aliphatic carbocycles. The number of piperazine rings is 1. The number of benzene rings is 1. The fourth-order valence-electron chi connectivity index (χ4n) is 2.49. The summed E-state index contributed by atoms with van der Waals surface area (Å²) in [7, 11) is -3.30.